The molecule has 0 aliphatic carbocycles. The maximum Gasteiger partial charge on any atom is 0.165 e. The summed E-state index contributed by atoms with van der Waals surface area (Å²) in [6.07, 6.45) is 0. The number of thiophene rings is 1. The first kappa shape index (κ1) is 13.4. The van der Waals surface area contributed by atoms with Crippen LogP contribution >= 0.6 is 27.3 Å². The van der Waals surface area contributed by atoms with E-state index in [0.717, 1.165) is 16.2 Å². The quantitative estimate of drug-likeness (QED) is 0.774. The monoisotopic (exact) mass is 330 g/mol. The van der Waals surface area contributed by atoms with Gasteiger partial charge in [0.1, 0.15) is 5.75 Å². The van der Waals surface area contributed by atoms with Crippen molar-refractivity contribution in [3.8, 4) is 11.5 Å². The smallest absolute Gasteiger partial charge is 0.165 e. The van der Waals surface area contributed by atoms with Crippen LogP contribution in [0.1, 0.15) is 15.3 Å². The highest BCUT2D eigenvalue weighted by Crippen LogP contribution is 2.37. The van der Waals surface area contributed by atoms with E-state index in [4.69, 9.17) is 9.47 Å². The van der Waals surface area contributed by atoms with Gasteiger partial charge in [-0.25, -0.2) is 4.39 Å². The molecule has 0 fully saturated rings. The van der Waals surface area contributed by atoms with Crippen LogP contribution in [0, 0.1) is 5.82 Å². The molecule has 0 saturated heterocycles. The van der Waals surface area contributed by atoms with Gasteiger partial charge in [-0.2, -0.15) is 0 Å². The Morgan fingerprint density at radius 2 is 2.00 bits per heavy atom. The highest BCUT2D eigenvalue weighted by molar-refractivity contribution is 9.09. The van der Waals surface area contributed by atoms with Crippen molar-refractivity contribution in [1.82, 2.24) is 0 Å². The first-order valence-electron chi connectivity index (χ1n) is 5.25. The molecule has 2 aromatic rings. The average Bonchev–Trinajstić information content (AvgIpc) is 2.86. The van der Waals surface area contributed by atoms with Gasteiger partial charge in [0.2, 0.25) is 0 Å². The minimum Gasteiger partial charge on any atom is -0.496 e. The molecule has 0 N–H and O–H groups in total. The van der Waals surface area contributed by atoms with Crippen molar-refractivity contribution < 1.29 is 13.9 Å². The number of hydrogen-bond acceptors (Lipinski definition) is 3. The van der Waals surface area contributed by atoms with E-state index < -0.39 is 0 Å². The van der Waals surface area contributed by atoms with E-state index in [2.05, 4.69) is 15.9 Å². The third kappa shape index (κ3) is 2.67. The SMILES string of the molecule is COc1csc(C(Br)c2ccc(OC)c(F)c2)c1. The zero-order chi connectivity index (χ0) is 13.1. The number of ether oxygens (including phenoxy) is 2. The Labute approximate surface area is 117 Å². The minimum absolute atomic E-state index is 0.0493. The summed E-state index contributed by atoms with van der Waals surface area (Å²) in [5.41, 5.74) is 0.845. The van der Waals surface area contributed by atoms with Gasteiger partial charge in [0.25, 0.3) is 0 Å². The number of halogens is 2. The second kappa shape index (κ2) is 5.71. The molecular formula is C13H12BrFO2S. The zero-order valence-electron chi connectivity index (χ0n) is 9.94. The van der Waals surface area contributed by atoms with Crippen molar-refractivity contribution in [3.05, 3.63) is 45.9 Å². The fraction of sp³-hybridized carbons (Fsp3) is 0.231. The largest absolute Gasteiger partial charge is 0.496 e. The topological polar surface area (TPSA) is 18.5 Å². The summed E-state index contributed by atoms with van der Waals surface area (Å²) in [5.74, 6) is 0.707. The van der Waals surface area contributed by atoms with Crippen LogP contribution in [0.25, 0.3) is 0 Å². The van der Waals surface area contributed by atoms with E-state index >= 15 is 0 Å². The Balaban J connectivity index is 2.27. The Bertz CT molecular complexity index is 542. The number of hydrogen-bond donors (Lipinski definition) is 0. The Morgan fingerprint density at radius 1 is 1.22 bits per heavy atom. The van der Waals surface area contributed by atoms with E-state index in [1.807, 2.05) is 17.5 Å². The molecule has 0 aliphatic rings. The van der Waals surface area contributed by atoms with Crippen molar-refractivity contribution in [2.75, 3.05) is 14.2 Å². The highest BCUT2D eigenvalue weighted by atomic mass is 79.9. The van der Waals surface area contributed by atoms with Gasteiger partial charge >= 0.3 is 0 Å². The van der Waals surface area contributed by atoms with Gasteiger partial charge in [-0.1, -0.05) is 22.0 Å². The van der Waals surface area contributed by atoms with Crippen LogP contribution in [-0.2, 0) is 0 Å². The normalized spacial score (nSPS) is 12.2. The molecule has 1 atom stereocenters. The molecule has 1 aromatic carbocycles. The van der Waals surface area contributed by atoms with Gasteiger partial charge in [0, 0.05) is 10.3 Å². The van der Waals surface area contributed by atoms with Crippen LogP contribution in [0.2, 0.25) is 0 Å². The minimum atomic E-state index is -0.358. The van der Waals surface area contributed by atoms with Gasteiger partial charge in [-0.15, -0.1) is 11.3 Å². The molecule has 0 radical (unpaired) electrons. The van der Waals surface area contributed by atoms with Crippen molar-refractivity contribution in [2.24, 2.45) is 0 Å². The van der Waals surface area contributed by atoms with Gasteiger partial charge in [0.05, 0.1) is 19.0 Å². The summed E-state index contributed by atoms with van der Waals surface area (Å²) < 4.78 is 23.7. The third-order valence-corrected chi connectivity index (χ3v) is 4.85. The molecule has 96 valence electrons. The lowest BCUT2D eigenvalue weighted by molar-refractivity contribution is 0.386. The first-order chi connectivity index (χ1) is 8.65. The summed E-state index contributed by atoms with van der Waals surface area (Å²) in [6.45, 7) is 0. The second-order valence-electron chi connectivity index (χ2n) is 3.65. The fourth-order valence-corrected chi connectivity index (χ4v) is 3.18. The number of alkyl halides is 1. The van der Waals surface area contributed by atoms with E-state index in [9.17, 15) is 4.39 Å². The third-order valence-electron chi connectivity index (χ3n) is 2.55. The molecule has 2 nitrogen and oxygen atoms in total. The molecule has 0 spiro atoms. The summed E-state index contributed by atoms with van der Waals surface area (Å²) in [7, 11) is 3.08. The molecule has 18 heavy (non-hydrogen) atoms. The van der Waals surface area contributed by atoms with Gasteiger partial charge in [-0.05, 0) is 23.8 Å². The lowest BCUT2D eigenvalue weighted by atomic mass is 10.1. The average molecular weight is 331 g/mol. The predicted molar refractivity (Wildman–Crippen MR) is 74.6 cm³/mol. The molecule has 0 aliphatic heterocycles. The summed E-state index contributed by atoms with van der Waals surface area (Å²) in [6, 6.07) is 6.88. The van der Waals surface area contributed by atoms with E-state index in [1.54, 1.807) is 24.5 Å². The molecular weight excluding hydrogens is 319 g/mol. The molecule has 0 bridgehead atoms. The van der Waals surface area contributed by atoms with Gasteiger partial charge in [0.15, 0.2) is 11.6 Å². The molecule has 5 heteroatoms. The van der Waals surface area contributed by atoms with E-state index in [-0.39, 0.29) is 16.4 Å². The fourth-order valence-electron chi connectivity index (χ4n) is 1.58. The summed E-state index contributed by atoms with van der Waals surface area (Å²) in [5, 5.41) is 1.92. The lowest BCUT2D eigenvalue weighted by Crippen LogP contribution is -1.93. The molecule has 2 rings (SSSR count). The van der Waals surface area contributed by atoms with Crippen molar-refractivity contribution >= 4 is 27.3 Å². The molecule has 0 saturated carbocycles. The molecule has 0 amide bonds. The van der Waals surface area contributed by atoms with Crippen LogP contribution in [0.4, 0.5) is 4.39 Å². The van der Waals surface area contributed by atoms with Crippen LogP contribution in [0.3, 0.4) is 0 Å². The number of benzene rings is 1. The van der Waals surface area contributed by atoms with Crippen LogP contribution < -0.4 is 9.47 Å². The Kier molecular flexibility index (Phi) is 4.24. The summed E-state index contributed by atoms with van der Waals surface area (Å²) >= 11 is 5.13. The summed E-state index contributed by atoms with van der Waals surface area (Å²) in [4.78, 5) is 1.02. The second-order valence-corrected chi connectivity index (χ2v) is 5.50. The van der Waals surface area contributed by atoms with Crippen molar-refractivity contribution in [1.29, 1.82) is 0 Å². The molecule has 1 unspecified atom stereocenters. The Hall–Kier alpha value is -1.07. The van der Waals surface area contributed by atoms with Crippen molar-refractivity contribution in [3.63, 3.8) is 0 Å². The van der Waals surface area contributed by atoms with Crippen LogP contribution in [0.15, 0.2) is 29.6 Å². The number of rotatable bonds is 4. The maximum atomic E-state index is 13.6. The van der Waals surface area contributed by atoms with Gasteiger partial charge in [-0.3, -0.25) is 0 Å². The van der Waals surface area contributed by atoms with Crippen LogP contribution in [-0.4, -0.2) is 14.2 Å². The molecule has 1 heterocycles. The van der Waals surface area contributed by atoms with Crippen molar-refractivity contribution in [2.45, 2.75) is 4.83 Å². The zero-order valence-corrected chi connectivity index (χ0v) is 12.3. The highest BCUT2D eigenvalue weighted by Gasteiger charge is 2.15. The van der Waals surface area contributed by atoms with E-state index in [0.29, 0.717) is 0 Å². The predicted octanol–water partition coefficient (Wildman–Crippen LogP) is 4.39. The lowest BCUT2D eigenvalue weighted by Gasteiger charge is -2.09. The maximum absolute atomic E-state index is 13.6. The molecule has 1 aromatic heterocycles. The number of methoxy groups -OCH3 is 2. The van der Waals surface area contributed by atoms with E-state index in [1.165, 1.54) is 13.2 Å². The first-order valence-corrected chi connectivity index (χ1v) is 7.05. The van der Waals surface area contributed by atoms with Gasteiger partial charge < -0.3 is 9.47 Å². The standard InChI is InChI=1S/C13H12BrFO2S/c1-16-9-6-12(18-7-9)13(14)8-3-4-11(17-2)10(15)5-8/h3-7,13H,1-2H3. The Morgan fingerprint density at radius 3 is 2.56 bits per heavy atom. The van der Waals surface area contributed by atoms with Crippen LogP contribution in [0.5, 0.6) is 11.5 Å².